The van der Waals surface area contributed by atoms with Crippen LogP contribution in [-0.4, -0.2) is 30.4 Å². The largest absolute Gasteiger partial charge is 0.530 e. The van der Waals surface area contributed by atoms with E-state index in [1.165, 1.54) is 4.90 Å². The predicted octanol–water partition coefficient (Wildman–Crippen LogP) is -0.759. The number of hydrogen-bond acceptors (Lipinski definition) is 3. The first-order chi connectivity index (χ1) is 5.24. The van der Waals surface area contributed by atoms with E-state index in [2.05, 4.69) is 0 Å². The first-order valence-electron chi connectivity index (χ1n) is 3.65. The van der Waals surface area contributed by atoms with Gasteiger partial charge in [0.15, 0.2) is 0 Å². The summed E-state index contributed by atoms with van der Waals surface area (Å²) in [6.45, 7) is 0.872. The van der Waals surface area contributed by atoms with Crippen LogP contribution < -0.4 is 5.11 Å². The zero-order valence-electron chi connectivity index (χ0n) is 6.16. The highest BCUT2D eigenvalue weighted by Gasteiger charge is 2.17. The molecule has 1 rings (SSSR count). The number of carbonyl (C=O) groups is 2. The molecule has 0 unspecified atom stereocenters. The van der Waals surface area contributed by atoms with E-state index >= 15 is 0 Å². The van der Waals surface area contributed by atoms with Crippen LogP contribution in [0.3, 0.4) is 0 Å². The molecule has 0 saturated carbocycles. The number of amides is 1. The monoisotopic (exact) mass is 156 g/mol. The number of nitrogens with zero attached hydrogens (tertiary/aromatic N) is 1. The highest BCUT2D eigenvalue weighted by atomic mass is 16.4. The molecule has 0 aromatic carbocycles. The molecule has 4 heteroatoms. The molecule has 0 aromatic heterocycles. The standard InChI is InChI=1S/C7H11NO3/c9-5-6-1-3-8(4-2-6)7(10)11/h5-6H,1-4H2,(H,10,11)/p-1. The molecule has 4 nitrogen and oxygen atoms in total. The van der Waals surface area contributed by atoms with Gasteiger partial charge in [-0.05, 0) is 12.8 Å². The second-order valence-corrected chi connectivity index (χ2v) is 2.73. The molecule has 1 aliphatic rings. The number of carboxylic acid groups (broad SMARTS) is 1. The van der Waals surface area contributed by atoms with Gasteiger partial charge in [-0.25, -0.2) is 0 Å². The molecule has 0 aromatic rings. The van der Waals surface area contributed by atoms with Gasteiger partial charge in [0.1, 0.15) is 12.4 Å². The summed E-state index contributed by atoms with van der Waals surface area (Å²) < 4.78 is 0. The van der Waals surface area contributed by atoms with Crippen molar-refractivity contribution in [1.82, 2.24) is 4.90 Å². The van der Waals surface area contributed by atoms with Crippen molar-refractivity contribution in [1.29, 1.82) is 0 Å². The van der Waals surface area contributed by atoms with Crippen LogP contribution in [0, 0.1) is 5.92 Å². The Bertz CT molecular complexity index is 161. The number of hydrogen-bond donors (Lipinski definition) is 0. The molecule has 1 fully saturated rings. The van der Waals surface area contributed by atoms with Crippen molar-refractivity contribution >= 4 is 12.4 Å². The Balaban J connectivity index is 2.35. The van der Waals surface area contributed by atoms with E-state index in [1.54, 1.807) is 0 Å². The van der Waals surface area contributed by atoms with Gasteiger partial charge in [0.2, 0.25) is 0 Å². The Morgan fingerprint density at radius 3 is 2.36 bits per heavy atom. The second-order valence-electron chi connectivity index (χ2n) is 2.73. The Morgan fingerprint density at radius 2 is 2.00 bits per heavy atom. The van der Waals surface area contributed by atoms with Gasteiger partial charge in [0, 0.05) is 19.0 Å². The Hall–Kier alpha value is -1.06. The van der Waals surface area contributed by atoms with Crippen LogP contribution in [0.1, 0.15) is 12.8 Å². The molecule has 11 heavy (non-hydrogen) atoms. The van der Waals surface area contributed by atoms with Gasteiger partial charge < -0.3 is 19.6 Å². The number of carbonyl (C=O) groups excluding carboxylic acids is 2. The van der Waals surface area contributed by atoms with Crippen LogP contribution in [0.4, 0.5) is 4.79 Å². The maximum Gasteiger partial charge on any atom is 0.136 e. The number of rotatable bonds is 1. The van der Waals surface area contributed by atoms with E-state index in [0.29, 0.717) is 25.9 Å². The molecule has 0 aliphatic carbocycles. The van der Waals surface area contributed by atoms with Crippen molar-refractivity contribution in [2.24, 2.45) is 5.92 Å². The Morgan fingerprint density at radius 1 is 1.45 bits per heavy atom. The fourth-order valence-electron chi connectivity index (χ4n) is 1.22. The van der Waals surface area contributed by atoms with Gasteiger partial charge in [-0.15, -0.1) is 0 Å². The maximum atomic E-state index is 10.3. The summed E-state index contributed by atoms with van der Waals surface area (Å²) in [6.07, 6.45) is 1.04. The van der Waals surface area contributed by atoms with Gasteiger partial charge in [0.25, 0.3) is 0 Å². The average molecular weight is 156 g/mol. The topological polar surface area (TPSA) is 60.4 Å². The zero-order valence-corrected chi connectivity index (χ0v) is 6.16. The molecule has 1 amide bonds. The summed E-state index contributed by atoms with van der Waals surface area (Å²) in [5.74, 6) is 0.0469. The van der Waals surface area contributed by atoms with Gasteiger partial charge in [-0.3, -0.25) is 0 Å². The quantitative estimate of drug-likeness (QED) is 0.469. The summed E-state index contributed by atoms with van der Waals surface area (Å²) in [4.78, 5) is 21.8. The molecule has 0 radical (unpaired) electrons. The van der Waals surface area contributed by atoms with Crippen LogP contribution in [0.5, 0.6) is 0 Å². The van der Waals surface area contributed by atoms with Crippen LogP contribution in [-0.2, 0) is 4.79 Å². The van der Waals surface area contributed by atoms with Crippen LogP contribution >= 0.6 is 0 Å². The summed E-state index contributed by atoms with van der Waals surface area (Å²) in [6, 6.07) is 0. The van der Waals surface area contributed by atoms with Crippen molar-refractivity contribution in [3.05, 3.63) is 0 Å². The molecule has 1 saturated heterocycles. The lowest BCUT2D eigenvalue weighted by molar-refractivity contribution is -0.266. The summed E-state index contributed by atoms with van der Waals surface area (Å²) in [5.41, 5.74) is 0. The van der Waals surface area contributed by atoms with Crippen LogP contribution in [0.25, 0.3) is 0 Å². The van der Waals surface area contributed by atoms with Crippen molar-refractivity contribution in [3.63, 3.8) is 0 Å². The maximum absolute atomic E-state index is 10.3. The fraction of sp³-hybridized carbons (Fsp3) is 0.714. The predicted molar refractivity (Wildman–Crippen MR) is 35.8 cm³/mol. The fourth-order valence-corrected chi connectivity index (χ4v) is 1.22. The average Bonchev–Trinajstić information content (AvgIpc) is 2.05. The molecule has 0 N–H and O–H groups in total. The normalized spacial score (nSPS) is 19.8. The molecule has 0 spiro atoms. The first-order valence-corrected chi connectivity index (χ1v) is 3.65. The third-order valence-electron chi connectivity index (χ3n) is 1.99. The van der Waals surface area contributed by atoms with Gasteiger partial charge in [-0.1, -0.05) is 0 Å². The Labute approximate surface area is 64.8 Å². The molecule has 1 heterocycles. The molecule has 0 atom stereocenters. The van der Waals surface area contributed by atoms with E-state index in [-0.39, 0.29) is 5.92 Å². The second kappa shape index (κ2) is 3.37. The van der Waals surface area contributed by atoms with Crippen molar-refractivity contribution in [2.45, 2.75) is 12.8 Å². The molecular weight excluding hydrogens is 146 g/mol. The van der Waals surface area contributed by atoms with Crippen LogP contribution in [0.15, 0.2) is 0 Å². The van der Waals surface area contributed by atoms with Gasteiger partial charge >= 0.3 is 0 Å². The molecule has 0 bridgehead atoms. The lowest BCUT2D eigenvalue weighted by Crippen LogP contribution is -2.45. The van der Waals surface area contributed by atoms with Crippen molar-refractivity contribution < 1.29 is 14.7 Å². The van der Waals surface area contributed by atoms with Gasteiger partial charge in [0.05, 0.1) is 0 Å². The van der Waals surface area contributed by atoms with E-state index in [4.69, 9.17) is 0 Å². The van der Waals surface area contributed by atoms with E-state index in [9.17, 15) is 14.7 Å². The number of aldehydes is 1. The number of likely N-dealkylation sites (tertiary alicyclic amines) is 1. The minimum absolute atomic E-state index is 0.0469. The lowest BCUT2D eigenvalue weighted by Gasteiger charge is -2.31. The van der Waals surface area contributed by atoms with Crippen LogP contribution in [0.2, 0.25) is 0 Å². The zero-order chi connectivity index (χ0) is 8.27. The SMILES string of the molecule is O=CC1CCN(C(=O)[O-])CC1. The van der Waals surface area contributed by atoms with Crippen molar-refractivity contribution in [2.75, 3.05) is 13.1 Å². The first kappa shape index (κ1) is 8.04. The van der Waals surface area contributed by atoms with E-state index in [1.807, 2.05) is 0 Å². The van der Waals surface area contributed by atoms with E-state index < -0.39 is 6.09 Å². The van der Waals surface area contributed by atoms with Crippen molar-refractivity contribution in [3.8, 4) is 0 Å². The summed E-state index contributed by atoms with van der Waals surface area (Å²) >= 11 is 0. The van der Waals surface area contributed by atoms with E-state index in [0.717, 1.165) is 6.29 Å². The van der Waals surface area contributed by atoms with Gasteiger partial charge in [-0.2, -0.15) is 0 Å². The molecule has 62 valence electrons. The Kier molecular flexibility index (Phi) is 2.46. The molecule has 1 aliphatic heterocycles. The highest BCUT2D eigenvalue weighted by molar-refractivity contribution is 5.63. The summed E-state index contributed by atoms with van der Waals surface area (Å²) in [7, 11) is 0. The third kappa shape index (κ3) is 1.93. The smallest absolute Gasteiger partial charge is 0.136 e. The lowest BCUT2D eigenvalue weighted by atomic mass is 9.99. The highest BCUT2D eigenvalue weighted by Crippen LogP contribution is 2.13. The molecular formula is C7H10NO3-. The minimum atomic E-state index is -1.13. The summed E-state index contributed by atoms with van der Waals surface area (Å²) in [5, 5.41) is 10.3. The third-order valence-corrected chi connectivity index (χ3v) is 1.99. The minimum Gasteiger partial charge on any atom is -0.530 e. The number of piperidine rings is 1.